The first-order valence-electron chi connectivity index (χ1n) is 9.84. The van der Waals surface area contributed by atoms with E-state index in [9.17, 15) is 27.6 Å². The third-order valence-corrected chi connectivity index (χ3v) is 5.91. The van der Waals surface area contributed by atoms with Gasteiger partial charge in [0.2, 0.25) is 0 Å². The Bertz CT molecular complexity index is 1160. The van der Waals surface area contributed by atoms with E-state index in [1.807, 2.05) is 0 Å². The first kappa shape index (κ1) is 24.1. The molecule has 0 aliphatic heterocycles. The summed E-state index contributed by atoms with van der Waals surface area (Å²) < 4.78 is 38.0. The van der Waals surface area contributed by atoms with Crippen LogP contribution < -0.4 is 10.6 Å². The minimum atomic E-state index is -4.49. The summed E-state index contributed by atoms with van der Waals surface area (Å²) in [6.45, 7) is 3.25. The zero-order chi connectivity index (χ0) is 24.2. The predicted molar refractivity (Wildman–Crippen MR) is 119 cm³/mol. The van der Waals surface area contributed by atoms with E-state index < -0.39 is 23.7 Å². The van der Waals surface area contributed by atoms with Gasteiger partial charge in [-0.05, 0) is 55.3 Å². The molecule has 0 bridgehead atoms. The van der Waals surface area contributed by atoms with Gasteiger partial charge in [-0.3, -0.25) is 9.59 Å². The number of thiazole rings is 1. The van der Waals surface area contributed by atoms with Crippen LogP contribution in [0.4, 0.5) is 24.0 Å². The maximum Gasteiger partial charge on any atom is 0.416 e. The maximum atomic E-state index is 12.7. The van der Waals surface area contributed by atoms with E-state index in [0.29, 0.717) is 22.0 Å². The zero-order valence-corrected chi connectivity index (χ0v) is 18.5. The van der Waals surface area contributed by atoms with Gasteiger partial charge in [0.1, 0.15) is 6.29 Å². The Labute approximate surface area is 191 Å². The second-order valence-corrected chi connectivity index (χ2v) is 8.31. The summed E-state index contributed by atoms with van der Waals surface area (Å²) in [5.41, 5.74) is 1.33. The van der Waals surface area contributed by atoms with Crippen LogP contribution in [-0.4, -0.2) is 29.0 Å². The summed E-state index contributed by atoms with van der Waals surface area (Å²) >= 11 is 1.26. The van der Waals surface area contributed by atoms with Gasteiger partial charge in [0.25, 0.3) is 5.91 Å². The smallest absolute Gasteiger partial charge is 0.342 e. The number of rotatable bonds is 8. The van der Waals surface area contributed by atoms with Crippen LogP contribution in [-0.2, 0) is 17.4 Å². The topological polar surface area (TPSA) is 88.2 Å². The van der Waals surface area contributed by atoms with Gasteiger partial charge in [0, 0.05) is 18.2 Å². The number of benzene rings is 2. The summed E-state index contributed by atoms with van der Waals surface area (Å²) in [6.07, 6.45) is -3.70. The van der Waals surface area contributed by atoms with Crippen LogP contribution in [0.25, 0.3) is 0 Å². The average molecular weight is 475 g/mol. The molecule has 1 unspecified atom stereocenters. The molecule has 0 saturated heterocycles. The molecule has 0 aliphatic carbocycles. The second-order valence-electron chi connectivity index (χ2n) is 7.31. The highest BCUT2D eigenvalue weighted by Crippen LogP contribution is 2.29. The Balaban J connectivity index is 1.61. The van der Waals surface area contributed by atoms with Crippen LogP contribution in [0.2, 0.25) is 0 Å². The molecule has 172 valence electrons. The average Bonchev–Trinajstić information content (AvgIpc) is 3.14. The van der Waals surface area contributed by atoms with E-state index in [1.54, 1.807) is 31.2 Å². The van der Waals surface area contributed by atoms with Gasteiger partial charge in [-0.15, -0.1) is 0 Å². The maximum absolute atomic E-state index is 12.7. The van der Waals surface area contributed by atoms with Gasteiger partial charge < -0.3 is 15.4 Å². The van der Waals surface area contributed by atoms with Gasteiger partial charge in [-0.2, -0.15) is 13.2 Å². The minimum Gasteiger partial charge on any atom is -0.342 e. The quantitative estimate of drug-likeness (QED) is 0.355. The molecule has 33 heavy (non-hydrogen) atoms. The molecular formula is C23H20F3N3O3S. The number of hydrogen-bond acceptors (Lipinski definition) is 6. The van der Waals surface area contributed by atoms with Gasteiger partial charge in [-0.25, -0.2) is 4.98 Å². The Morgan fingerprint density at radius 3 is 2.24 bits per heavy atom. The third kappa shape index (κ3) is 6.26. The number of aromatic nitrogens is 1. The summed E-state index contributed by atoms with van der Waals surface area (Å²) in [5, 5.41) is 6.22. The van der Waals surface area contributed by atoms with E-state index >= 15 is 0 Å². The van der Waals surface area contributed by atoms with E-state index in [-0.39, 0.29) is 17.8 Å². The highest BCUT2D eigenvalue weighted by atomic mass is 32.1. The number of nitrogens with zero attached hydrogens (tertiary/aromatic N) is 1. The van der Waals surface area contributed by atoms with E-state index in [0.717, 1.165) is 35.5 Å². The molecule has 10 heteroatoms. The molecule has 1 heterocycles. The van der Waals surface area contributed by atoms with Crippen LogP contribution in [0.5, 0.6) is 0 Å². The van der Waals surface area contributed by atoms with Crippen molar-refractivity contribution in [2.75, 3.05) is 5.32 Å². The largest absolute Gasteiger partial charge is 0.416 e. The number of nitrogens with one attached hydrogen (secondary N) is 2. The number of anilines is 2. The molecule has 6 nitrogen and oxygen atoms in total. The van der Waals surface area contributed by atoms with Crippen molar-refractivity contribution < 1.29 is 27.6 Å². The first-order chi connectivity index (χ1) is 15.6. The Morgan fingerprint density at radius 2 is 1.73 bits per heavy atom. The number of hydrogen-bond donors (Lipinski definition) is 2. The lowest BCUT2D eigenvalue weighted by Gasteiger charge is -2.14. The SMILES string of the molecule is CC(=O)c1sc(Nc2ccc(CC(C=O)NC(=O)c3ccc(C(F)(F)F)cc3)cc2)nc1C. The number of halogens is 3. The molecule has 1 atom stereocenters. The van der Waals surface area contributed by atoms with Crippen molar-refractivity contribution in [2.24, 2.45) is 0 Å². The molecule has 2 N–H and O–H groups in total. The Morgan fingerprint density at radius 1 is 1.09 bits per heavy atom. The lowest BCUT2D eigenvalue weighted by atomic mass is 10.1. The minimum absolute atomic E-state index is 0.0260. The molecule has 0 aliphatic rings. The number of carbonyl (C=O) groups is 3. The third-order valence-electron chi connectivity index (χ3n) is 4.73. The van der Waals surface area contributed by atoms with Crippen molar-refractivity contribution >= 4 is 40.1 Å². The van der Waals surface area contributed by atoms with Crippen LogP contribution >= 0.6 is 11.3 Å². The first-order valence-corrected chi connectivity index (χ1v) is 10.7. The molecule has 1 amide bonds. The predicted octanol–water partition coefficient (Wildman–Crippen LogP) is 4.96. The van der Waals surface area contributed by atoms with Gasteiger partial charge in [-0.1, -0.05) is 23.5 Å². The molecule has 0 radical (unpaired) electrons. The summed E-state index contributed by atoms with van der Waals surface area (Å²) in [6, 6.07) is 10.0. The zero-order valence-electron chi connectivity index (χ0n) is 17.7. The fourth-order valence-corrected chi connectivity index (χ4v) is 3.96. The fraction of sp³-hybridized carbons (Fsp3) is 0.217. The van der Waals surface area contributed by atoms with E-state index in [2.05, 4.69) is 15.6 Å². The number of alkyl halides is 3. The van der Waals surface area contributed by atoms with Gasteiger partial charge >= 0.3 is 6.18 Å². The number of Topliss-reactive ketones (excluding diaryl/α,β-unsaturated/α-hetero) is 1. The van der Waals surface area contributed by atoms with Crippen LogP contribution in [0.15, 0.2) is 48.5 Å². The molecule has 3 rings (SSSR count). The van der Waals surface area contributed by atoms with Crippen molar-refractivity contribution in [1.29, 1.82) is 0 Å². The van der Waals surface area contributed by atoms with Crippen molar-refractivity contribution in [2.45, 2.75) is 32.5 Å². The van der Waals surface area contributed by atoms with E-state index in [1.165, 1.54) is 18.3 Å². The number of amides is 1. The molecule has 3 aromatic rings. The monoisotopic (exact) mass is 475 g/mol. The Hall–Kier alpha value is -3.53. The summed E-state index contributed by atoms with van der Waals surface area (Å²) in [4.78, 5) is 40.2. The molecule has 1 aromatic heterocycles. The number of ketones is 1. The lowest BCUT2D eigenvalue weighted by molar-refractivity contribution is -0.137. The Kier molecular flexibility index (Phi) is 7.27. The summed E-state index contributed by atoms with van der Waals surface area (Å²) in [5.74, 6) is -0.689. The summed E-state index contributed by atoms with van der Waals surface area (Å²) in [7, 11) is 0. The number of aldehydes is 1. The fourth-order valence-electron chi connectivity index (χ4n) is 3.07. The molecule has 0 saturated carbocycles. The van der Waals surface area contributed by atoms with Crippen LogP contribution in [0.1, 0.15) is 43.8 Å². The normalized spacial score (nSPS) is 12.2. The molecule has 0 fully saturated rings. The van der Waals surface area contributed by atoms with Crippen molar-refractivity contribution in [3.8, 4) is 0 Å². The van der Waals surface area contributed by atoms with Crippen molar-refractivity contribution in [3.63, 3.8) is 0 Å². The highest BCUT2D eigenvalue weighted by molar-refractivity contribution is 7.17. The molecule has 2 aromatic carbocycles. The lowest BCUT2D eigenvalue weighted by Crippen LogP contribution is -2.37. The van der Waals surface area contributed by atoms with Gasteiger partial charge in [0.05, 0.1) is 22.2 Å². The number of aryl methyl sites for hydroxylation is 1. The second kappa shape index (κ2) is 9.95. The standard InChI is InChI=1S/C23H20F3N3O3S/c1-13-20(14(2)31)33-22(27-13)29-18-9-3-15(4-10-18)11-19(12-30)28-21(32)16-5-7-17(8-6-16)23(24,25)26/h3-10,12,19H,11H2,1-2H3,(H,27,29)(H,28,32). The van der Waals surface area contributed by atoms with Crippen LogP contribution in [0.3, 0.4) is 0 Å². The molecular weight excluding hydrogens is 455 g/mol. The molecule has 0 spiro atoms. The van der Waals surface area contributed by atoms with Crippen LogP contribution in [0, 0.1) is 6.92 Å². The number of carbonyl (C=O) groups excluding carboxylic acids is 3. The van der Waals surface area contributed by atoms with E-state index in [4.69, 9.17) is 0 Å². The highest BCUT2D eigenvalue weighted by Gasteiger charge is 2.30. The van der Waals surface area contributed by atoms with Crippen molar-refractivity contribution in [1.82, 2.24) is 10.3 Å². The van der Waals surface area contributed by atoms with Gasteiger partial charge in [0.15, 0.2) is 10.9 Å². The van der Waals surface area contributed by atoms with Crippen molar-refractivity contribution in [3.05, 3.63) is 75.8 Å².